The van der Waals surface area contributed by atoms with Crippen molar-refractivity contribution in [2.75, 3.05) is 24.2 Å². The van der Waals surface area contributed by atoms with Gasteiger partial charge in [0.05, 0.1) is 6.61 Å². The lowest BCUT2D eigenvalue weighted by Crippen LogP contribution is -2.48. The van der Waals surface area contributed by atoms with Crippen LogP contribution in [0.3, 0.4) is 0 Å². The number of nitrogens with zero attached hydrogens (tertiary/aromatic N) is 6. The number of hydrogen-bond acceptors (Lipinski definition) is 8. The lowest BCUT2D eigenvalue weighted by atomic mass is 9.92. The molecule has 12 nitrogen and oxygen atoms in total. The zero-order valence-corrected chi connectivity index (χ0v) is 24.6. The van der Waals surface area contributed by atoms with E-state index in [4.69, 9.17) is 15.5 Å². The summed E-state index contributed by atoms with van der Waals surface area (Å²) in [5.41, 5.74) is 6.95. The van der Waals surface area contributed by atoms with E-state index >= 15 is 0 Å². The molecule has 0 radical (unpaired) electrons. The van der Waals surface area contributed by atoms with E-state index in [0.717, 1.165) is 19.5 Å². The second-order valence-corrected chi connectivity index (χ2v) is 10.8. The first-order valence-corrected chi connectivity index (χ1v) is 14.1. The number of piperidine rings is 1. The number of anilines is 2. The number of nitrogens with two attached hydrogens (primary N) is 1. The molecule has 0 saturated carbocycles. The number of alkyl halides is 3. The minimum absolute atomic E-state index is 0.0415. The fraction of sp³-hybridized carbons (Fsp3) is 0.414. The summed E-state index contributed by atoms with van der Waals surface area (Å²) < 4.78 is 47.9. The Balaban J connectivity index is 1.52. The number of aromatic nitrogens is 5. The third-order valence-corrected chi connectivity index (χ3v) is 7.71. The first-order valence-electron chi connectivity index (χ1n) is 14.1. The Hall–Kier alpha value is -4.66. The van der Waals surface area contributed by atoms with E-state index in [0.29, 0.717) is 46.0 Å². The molecule has 4 N–H and O–H groups in total. The van der Waals surface area contributed by atoms with E-state index in [-0.39, 0.29) is 41.7 Å². The monoisotopic (exact) mass is 614 g/mol. The molecule has 1 saturated heterocycles. The molecule has 1 aromatic carbocycles. The van der Waals surface area contributed by atoms with Crippen LogP contribution in [0.25, 0.3) is 16.8 Å². The van der Waals surface area contributed by atoms with Crippen molar-refractivity contribution in [1.29, 1.82) is 0 Å². The van der Waals surface area contributed by atoms with Gasteiger partial charge >= 0.3 is 6.18 Å². The van der Waals surface area contributed by atoms with Gasteiger partial charge in [-0.15, -0.1) is 0 Å². The summed E-state index contributed by atoms with van der Waals surface area (Å²) in [6.07, 6.45) is -1.01. The summed E-state index contributed by atoms with van der Waals surface area (Å²) in [5.74, 6) is -0.285. The van der Waals surface area contributed by atoms with E-state index in [2.05, 4.69) is 15.4 Å². The van der Waals surface area contributed by atoms with E-state index < -0.39 is 23.9 Å². The van der Waals surface area contributed by atoms with Gasteiger partial charge in [0.1, 0.15) is 40.4 Å². The van der Waals surface area contributed by atoms with Crippen molar-refractivity contribution in [3.05, 3.63) is 53.7 Å². The van der Waals surface area contributed by atoms with Crippen LogP contribution in [0, 0.1) is 0 Å². The SMILES string of the molecule is CCOc1cc(C(=O)Nc2cc(C(F)(F)F)n(C)n2)ccc1-c1nc([C@@H]2CC[C@H](C)N(C(=O)[C@@H](C)O)C2)n2ccnc(N)c12. The first kappa shape index (κ1) is 30.8. The number of likely N-dealkylation sites (tertiary alicyclic amines) is 1. The molecule has 44 heavy (non-hydrogen) atoms. The molecular weight excluding hydrogens is 581 g/mol. The van der Waals surface area contributed by atoms with Gasteiger partial charge in [-0.2, -0.15) is 18.3 Å². The minimum Gasteiger partial charge on any atom is -0.493 e. The largest absolute Gasteiger partial charge is 0.493 e. The molecule has 1 aliphatic rings. The molecule has 0 bridgehead atoms. The average Bonchev–Trinajstić information content (AvgIpc) is 3.54. The molecule has 0 aliphatic carbocycles. The van der Waals surface area contributed by atoms with Crippen LogP contribution < -0.4 is 15.8 Å². The number of halogens is 3. The minimum atomic E-state index is -4.63. The molecule has 1 aliphatic heterocycles. The Labute approximate surface area is 250 Å². The Morgan fingerprint density at radius 2 is 2.00 bits per heavy atom. The van der Waals surface area contributed by atoms with Crippen LogP contribution in [0.5, 0.6) is 5.75 Å². The number of fused-ring (bicyclic) bond motifs is 1. The van der Waals surface area contributed by atoms with Gasteiger partial charge in [0.2, 0.25) is 0 Å². The van der Waals surface area contributed by atoms with Gasteiger partial charge < -0.3 is 25.8 Å². The maximum absolute atomic E-state index is 13.2. The highest BCUT2D eigenvalue weighted by molar-refractivity contribution is 6.04. The molecule has 2 amide bonds. The Morgan fingerprint density at radius 3 is 2.66 bits per heavy atom. The van der Waals surface area contributed by atoms with Crippen LogP contribution in [0.4, 0.5) is 24.8 Å². The summed E-state index contributed by atoms with van der Waals surface area (Å²) in [4.78, 5) is 36.6. The molecule has 1 fully saturated rings. The van der Waals surface area contributed by atoms with E-state index in [9.17, 15) is 27.9 Å². The number of rotatable bonds is 7. The fourth-order valence-corrected chi connectivity index (χ4v) is 5.54. The number of nitrogens with one attached hydrogen (secondary N) is 1. The number of carbonyl (C=O) groups excluding carboxylic acids is 2. The molecule has 3 atom stereocenters. The number of benzene rings is 1. The van der Waals surface area contributed by atoms with Crippen molar-refractivity contribution in [1.82, 2.24) is 29.0 Å². The third-order valence-electron chi connectivity index (χ3n) is 7.71. The summed E-state index contributed by atoms with van der Waals surface area (Å²) in [6.45, 7) is 5.77. The molecular formula is C29H33F3N8O4. The smallest absolute Gasteiger partial charge is 0.433 e. The molecule has 5 rings (SSSR count). The van der Waals surface area contributed by atoms with Gasteiger partial charge in [0.25, 0.3) is 11.8 Å². The van der Waals surface area contributed by atoms with E-state index in [1.807, 2.05) is 11.3 Å². The zero-order valence-electron chi connectivity index (χ0n) is 24.6. The van der Waals surface area contributed by atoms with Crippen molar-refractivity contribution in [2.45, 2.75) is 57.9 Å². The third kappa shape index (κ3) is 5.78. The normalized spacial score (nSPS) is 18.0. The van der Waals surface area contributed by atoms with Gasteiger partial charge in [0, 0.05) is 55.1 Å². The summed E-state index contributed by atoms with van der Waals surface area (Å²) in [7, 11) is 1.14. The van der Waals surface area contributed by atoms with Crippen LogP contribution in [0.15, 0.2) is 36.7 Å². The first-order chi connectivity index (χ1) is 20.8. The average molecular weight is 615 g/mol. The highest BCUT2D eigenvalue weighted by Crippen LogP contribution is 2.39. The van der Waals surface area contributed by atoms with Crippen molar-refractivity contribution >= 4 is 29.0 Å². The zero-order chi connectivity index (χ0) is 31.9. The topological polar surface area (TPSA) is 153 Å². The predicted molar refractivity (Wildman–Crippen MR) is 155 cm³/mol. The van der Waals surface area contributed by atoms with E-state index in [1.165, 1.54) is 19.1 Å². The van der Waals surface area contributed by atoms with Crippen molar-refractivity contribution in [3.63, 3.8) is 0 Å². The van der Waals surface area contributed by atoms with Crippen LogP contribution in [0.1, 0.15) is 61.4 Å². The lowest BCUT2D eigenvalue weighted by molar-refractivity contribution is -0.144. The maximum atomic E-state index is 13.2. The number of aliphatic hydroxyl groups is 1. The van der Waals surface area contributed by atoms with Gasteiger partial charge in [-0.3, -0.25) is 18.7 Å². The molecule has 234 valence electrons. The highest BCUT2D eigenvalue weighted by Gasteiger charge is 2.36. The molecule has 4 aromatic rings. The number of hydrogen-bond donors (Lipinski definition) is 3. The Kier molecular flexibility index (Phi) is 8.25. The summed E-state index contributed by atoms with van der Waals surface area (Å²) in [5, 5.41) is 16.1. The number of imidazole rings is 1. The second-order valence-electron chi connectivity index (χ2n) is 10.8. The standard InChI is InChI=1S/C29H33F3N8O4/c1-5-44-20-12-17(27(42)35-22-13-21(29(30,31)32)38(4)37-22)8-9-19(20)23-24-25(33)34-10-11-39(24)26(36-23)18-7-6-15(2)40(14-18)28(43)16(3)41/h8-13,15-16,18,41H,5-7,14H2,1-4H3,(H2,33,34)(H,35,37,42)/t15-,16+,18+/m0/s1. The van der Waals surface area contributed by atoms with E-state index in [1.54, 1.807) is 30.3 Å². The van der Waals surface area contributed by atoms with Gasteiger partial charge in [-0.25, -0.2) is 9.97 Å². The van der Waals surface area contributed by atoms with Crippen LogP contribution in [-0.2, 0) is 18.0 Å². The van der Waals surface area contributed by atoms with Crippen LogP contribution in [0.2, 0.25) is 0 Å². The molecule has 15 heteroatoms. The Morgan fingerprint density at radius 1 is 1.25 bits per heavy atom. The fourth-order valence-electron chi connectivity index (χ4n) is 5.54. The van der Waals surface area contributed by atoms with Gasteiger partial charge in [0.15, 0.2) is 5.82 Å². The molecule has 0 unspecified atom stereocenters. The number of ether oxygens (including phenoxy) is 1. The van der Waals surface area contributed by atoms with Crippen LogP contribution in [-0.4, -0.2) is 71.3 Å². The van der Waals surface area contributed by atoms with Gasteiger partial charge in [-0.1, -0.05) is 0 Å². The van der Waals surface area contributed by atoms with Crippen LogP contribution >= 0.6 is 0 Å². The Bertz CT molecular complexity index is 1710. The summed E-state index contributed by atoms with van der Waals surface area (Å²) >= 11 is 0. The molecule has 4 heterocycles. The van der Waals surface area contributed by atoms with Crippen molar-refractivity contribution < 1.29 is 32.6 Å². The predicted octanol–water partition coefficient (Wildman–Crippen LogP) is 3.86. The van der Waals surface area contributed by atoms with Gasteiger partial charge in [-0.05, 0) is 51.8 Å². The summed E-state index contributed by atoms with van der Waals surface area (Å²) in [6, 6.07) is 5.32. The second kappa shape index (κ2) is 11.8. The number of carbonyl (C=O) groups is 2. The number of aliphatic hydroxyl groups excluding tert-OH is 1. The molecule has 3 aromatic heterocycles. The highest BCUT2D eigenvalue weighted by atomic mass is 19.4. The number of nitrogen functional groups attached to an aromatic ring is 1. The van der Waals surface area contributed by atoms with Crippen molar-refractivity contribution in [2.24, 2.45) is 7.05 Å². The quantitative estimate of drug-likeness (QED) is 0.284. The van der Waals surface area contributed by atoms with Crippen molar-refractivity contribution in [3.8, 4) is 17.0 Å². The lowest BCUT2D eigenvalue weighted by Gasteiger charge is -2.38. The maximum Gasteiger partial charge on any atom is 0.433 e. The number of amides is 2. The number of aryl methyl sites for hydroxylation is 1. The molecule has 0 spiro atoms.